The summed E-state index contributed by atoms with van der Waals surface area (Å²) >= 11 is 0. The lowest BCUT2D eigenvalue weighted by atomic mass is 10.2. The van der Waals surface area contributed by atoms with E-state index in [4.69, 9.17) is 4.42 Å². The van der Waals surface area contributed by atoms with Crippen LogP contribution in [0, 0.1) is 5.82 Å². The van der Waals surface area contributed by atoms with Crippen molar-refractivity contribution < 1.29 is 8.81 Å². The van der Waals surface area contributed by atoms with Crippen LogP contribution in [0.5, 0.6) is 0 Å². The molecular formula is C15H19FIN3O. The van der Waals surface area contributed by atoms with Gasteiger partial charge in [-0.25, -0.2) is 9.38 Å². The molecule has 0 aliphatic heterocycles. The zero-order valence-electron chi connectivity index (χ0n) is 11.8. The number of hydrogen-bond acceptors (Lipinski definition) is 2. The van der Waals surface area contributed by atoms with Crippen LogP contribution in [-0.2, 0) is 13.1 Å². The topological polar surface area (TPSA) is 49.6 Å². The predicted octanol–water partition coefficient (Wildman–Crippen LogP) is 3.29. The largest absolute Gasteiger partial charge is 0.467 e. The van der Waals surface area contributed by atoms with E-state index < -0.39 is 0 Å². The molecule has 0 fully saturated rings. The summed E-state index contributed by atoms with van der Waals surface area (Å²) in [6.45, 7) is 3.84. The summed E-state index contributed by atoms with van der Waals surface area (Å²) < 4.78 is 18.1. The van der Waals surface area contributed by atoms with Gasteiger partial charge in [-0.2, -0.15) is 0 Å². The van der Waals surface area contributed by atoms with E-state index in [1.807, 2.05) is 19.1 Å². The van der Waals surface area contributed by atoms with Gasteiger partial charge in [0, 0.05) is 6.54 Å². The van der Waals surface area contributed by atoms with E-state index >= 15 is 0 Å². The Morgan fingerprint density at radius 1 is 1.19 bits per heavy atom. The Bertz CT molecular complexity index is 541. The molecule has 6 heteroatoms. The highest BCUT2D eigenvalue weighted by Crippen LogP contribution is 2.04. The van der Waals surface area contributed by atoms with Gasteiger partial charge in [0.25, 0.3) is 0 Å². The standard InChI is InChI=1S/C15H18FN3O.HI/c1-2-17-15(19-11-14-4-3-9-20-14)18-10-12-5-7-13(16)8-6-12;/h3-9H,2,10-11H2,1H3,(H2,17,18,19);1H. The van der Waals surface area contributed by atoms with E-state index in [-0.39, 0.29) is 29.8 Å². The summed E-state index contributed by atoms with van der Waals surface area (Å²) in [6, 6.07) is 10.1. The van der Waals surface area contributed by atoms with Crippen LogP contribution in [-0.4, -0.2) is 12.5 Å². The number of furan rings is 1. The second-order valence-corrected chi connectivity index (χ2v) is 4.25. The van der Waals surface area contributed by atoms with Crippen LogP contribution < -0.4 is 10.6 Å². The molecule has 0 atom stereocenters. The van der Waals surface area contributed by atoms with Gasteiger partial charge in [0.2, 0.25) is 0 Å². The number of aliphatic imine (C=N–C) groups is 1. The van der Waals surface area contributed by atoms with Gasteiger partial charge in [-0.05, 0) is 36.8 Å². The number of guanidine groups is 1. The number of nitrogens with zero attached hydrogens (tertiary/aromatic N) is 1. The van der Waals surface area contributed by atoms with Crippen molar-refractivity contribution in [1.29, 1.82) is 0 Å². The van der Waals surface area contributed by atoms with Crippen LogP contribution in [0.25, 0.3) is 0 Å². The van der Waals surface area contributed by atoms with Gasteiger partial charge in [-0.1, -0.05) is 12.1 Å². The molecule has 114 valence electrons. The number of nitrogens with one attached hydrogen (secondary N) is 2. The first-order valence-corrected chi connectivity index (χ1v) is 6.57. The molecule has 0 radical (unpaired) electrons. The third-order valence-electron chi connectivity index (χ3n) is 2.69. The Morgan fingerprint density at radius 2 is 1.95 bits per heavy atom. The highest BCUT2D eigenvalue weighted by molar-refractivity contribution is 14.0. The van der Waals surface area contributed by atoms with Crippen molar-refractivity contribution in [3.05, 3.63) is 59.8 Å². The molecule has 2 N–H and O–H groups in total. The predicted molar refractivity (Wildman–Crippen MR) is 92.2 cm³/mol. The Morgan fingerprint density at radius 3 is 2.57 bits per heavy atom. The van der Waals surface area contributed by atoms with Crippen molar-refractivity contribution in [3.8, 4) is 0 Å². The fourth-order valence-corrected chi connectivity index (χ4v) is 1.69. The molecule has 0 spiro atoms. The summed E-state index contributed by atoms with van der Waals surface area (Å²) in [5, 5.41) is 6.33. The van der Waals surface area contributed by atoms with E-state index in [2.05, 4.69) is 15.6 Å². The maximum Gasteiger partial charge on any atom is 0.191 e. The van der Waals surface area contributed by atoms with Crippen LogP contribution in [0.4, 0.5) is 4.39 Å². The summed E-state index contributed by atoms with van der Waals surface area (Å²) in [4.78, 5) is 4.44. The van der Waals surface area contributed by atoms with Crippen molar-refractivity contribution in [2.75, 3.05) is 6.54 Å². The van der Waals surface area contributed by atoms with Crippen molar-refractivity contribution in [1.82, 2.24) is 10.6 Å². The average Bonchev–Trinajstić information content (AvgIpc) is 2.97. The minimum atomic E-state index is -0.236. The van der Waals surface area contributed by atoms with Crippen LogP contribution in [0.2, 0.25) is 0 Å². The highest BCUT2D eigenvalue weighted by atomic mass is 127. The maximum absolute atomic E-state index is 12.8. The SMILES string of the molecule is CCNC(=NCc1ccc(F)cc1)NCc1ccco1.I. The van der Waals surface area contributed by atoms with Gasteiger partial charge in [0.05, 0.1) is 19.4 Å². The first kappa shape index (κ1) is 17.5. The van der Waals surface area contributed by atoms with Crippen LogP contribution >= 0.6 is 24.0 Å². The lowest BCUT2D eigenvalue weighted by molar-refractivity contribution is 0.501. The van der Waals surface area contributed by atoms with Gasteiger partial charge >= 0.3 is 0 Å². The number of benzene rings is 1. The average molecular weight is 403 g/mol. The van der Waals surface area contributed by atoms with Crippen molar-refractivity contribution in [2.45, 2.75) is 20.0 Å². The fourth-order valence-electron chi connectivity index (χ4n) is 1.69. The van der Waals surface area contributed by atoms with Crippen LogP contribution in [0.1, 0.15) is 18.2 Å². The summed E-state index contributed by atoms with van der Waals surface area (Å²) in [7, 11) is 0. The Hall–Kier alpha value is -1.57. The van der Waals surface area contributed by atoms with Gasteiger partial charge < -0.3 is 15.1 Å². The zero-order valence-corrected chi connectivity index (χ0v) is 14.1. The molecule has 2 rings (SSSR count). The minimum Gasteiger partial charge on any atom is -0.467 e. The summed E-state index contributed by atoms with van der Waals surface area (Å²) in [6.07, 6.45) is 1.64. The summed E-state index contributed by atoms with van der Waals surface area (Å²) in [5.41, 5.74) is 0.960. The molecule has 21 heavy (non-hydrogen) atoms. The Kier molecular flexibility index (Phi) is 7.81. The van der Waals surface area contributed by atoms with Gasteiger partial charge in [0.1, 0.15) is 11.6 Å². The second kappa shape index (κ2) is 9.38. The lowest BCUT2D eigenvalue weighted by Gasteiger charge is -2.10. The number of halogens is 2. The molecule has 0 unspecified atom stereocenters. The van der Waals surface area contributed by atoms with E-state index in [1.54, 1.807) is 18.4 Å². The zero-order chi connectivity index (χ0) is 14.2. The van der Waals surface area contributed by atoms with Crippen molar-refractivity contribution in [3.63, 3.8) is 0 Å². The molecule has 1 aromatic carbocycles. The lowest BCUT2D eigenvalue weighted by Crippen LogP contribution is -2.36. The maximum atomic E-state index is 12.8. The van der Waals surface area contributed by atoms with Crippen molar-refractivity contribution in [2.24, 2.45) is 4.99 Å². The van der Waals surface area contributed by atoms with Crippen molar-refractivity contribution >= 4 is 29.9 Å². The minimum absolute atomic E-state index is 0. The van der Waals surface area contributed by atoms with Crippen LogP contribution in [0.15, 0.2) is 52.1 Å². The smallest absolute Gasteiger partial charge is 0.191 e. The highest BCUT2D eigenvalue weighted by Gasteiger charge is 2.00. The molecule has 0 amide bonds. The van der Waals surface area contributed by atoms with Crippen LogP contribution in [0.3, 0.4) is 0 Å². The molecule has 0 saturated carbocycles. The molecular weight excluding hydrogens is 384 g/mol. The van der Waals surface area contributed by atoms with E-state index in [0.29, 0.717) is 19.0 Å². The number of hydrogen-bond donors (Lipinski definition) is 2. The molecule has 1 heterocycles. The first-order chi connectivity index (χ1) is 9.78. The van der Waals surface area contributed by atoms with E-state index in [0.717, 1.165) is 17.9 Å². The quantitative estimate of drug-likeness (QED) is 0.458. The Labute approximate surface area is 140 Å². The van der Waals surface area contributed by atoms with E-state index in [9.17, 15) is 4.39 Å². The molecule has 0 saturated heterocycles. The second-order valence-electron chi connectivity index (χ2n) is 4.25. The third-order valence-corrected chi connectivity index (χ3v) is 2.69. The monoisotopic (exact) mass is 403 g/mol. The van der Waals surface area contributed by atoms with Gasteiger partial charge in [-0.3, -0.25) is 0 Å². The molecule has 0 aliphatic carbocycles. The normalized spacial score (nSPS) is 10.9. The Balaban J connectivity index is 0.00000220. The fraction of sp³-hybridized carbons (Fsp3) is 0.267. The van der Waals surface area contributed by atoms with E-state index in [1.165, 1.54) is 12.1 Å². The molecule has 2 aromatic rings. The first-order valence-electron chi connectivity index (χ1n) is 6.57. The van der Waals surface area contributed by atoms with Gasteiger partial charge in [-0.15, -0.1) is 24.0 Å². The number of rotatable bonds is 5. The summed E-state index contributed by atoms with van der Waals surface area (Å²) in [5.74, 6) is 1.31. The molecule has 0 aliphatic rings. The molecule has 1 aromatic heterocycles. The third kappa shape index (κ3) is 6.16. The molecule has 0 bridgehead atoms. The van der Waals surface area contributed by atoms with Gasteiger partial charge in [0.15, 0.2) is 5.96 Å². The molecule has 4 nitrogen and oxygen atoms in total.